The van der Waals surface area contributed by atoms with Crippen LogP contribution >= 0.6 is 0 Å². The van der Waals surface area contributed by atoms with Gasteiger partial charge in [0.15, 0.2) is 5.82 Å². The van der Waals surface area contributed by atoms with Crippen molar-refractivity contribution < 1.29 is 5.11 Å². The van der Waals surface area contributed by atoms with Crippen molar-refractivity contribution in [2.45, 2.75) is 38.8 Å². The largest absolute Gasteiger partial charge is 0.395 e. The monoisotopic (exact) mass is 237 g/mol. The van der Waals surface area contributed by atoms with E-state index in [2.05, 4.69) is 4.98 Å². The molecule has 1 N–H and O–H groups in total. The minimum atomic E-state index is -0.0466. The molecular formula is C12H19N3O2. The second-order valence-electron chi connectivity index (χ2n) is 4.40. The smallest absolute Gasteiger partial charge is 0.293 e. The third-order valence-corrected chi connectivity index (χ3v) is 2.96. The molecule has 1 aromatic rings. The van der Waals surface area contributed by atoms with E-state index in [0.29, 0.717) is 24.9 Å². The Morgan fingerprint density at radius 1 is 1.59 bits per heavy atom. The number of hydrogen-bond acceptors (Lipinski definition) is 4. The van der Waals surface area contributed by atoms with Crippen LogP contribution in [0, 0.1) is 0 Å². The lowest BCUT2D eigenvalue weighted by atomic mass is 10.4. The van der Waals surface area contributed by atoms with Crippen LogP contribution in [0.15, 0.2) is 17.2 Å². The molecule has 0 radical (unpaired) electrons. The molecule has 1 aliphatic carbocycles. The molecule has 0 spiro atoms. The minimum absolute atomic E-state index is 0.0466. The maximum atomic E-state index is 12.2. The number of rotatable bonds is 6. The molecule has 1 aromatic heterocycles. The maximum Gasteiger partial charge on any atom is 0.293 e. The quantitative estimate of drug-likeness (QED) is 0.787. The first-order valence-electron chi connectivity index (χ1n) is 6.21. The van der Waals surface area contributed by atoms with Gasteiger partial charge in [0.2, 0.25) is 0 Å². The molecule has 94 valence electrons. The van der Waals surface area contributed by atoms with Gasteiger partial charge in [0.05, 0.1) is 6.61 Å². The molecular weight excluding hydrogens is 218 g/mol. The molecule has 2 rings (SSSR count). The minimum Gasteiger partial charge on any atom is -0.395 e. The van der Waals surface area contributed by atoms with Gasteiger partial charge in [-0.2, -0.15) is 0 Å². The first-order chi connectivity index (χ1) is 8.27. The normalized spacial score (nSPS) is 14.9. The molecule has 0 aliphatic heterocycles. The highest BCUT2D eigenvalue weighted by atomic mass is 16.3. The molecule has 1 aliphatic rings. The van der Waals surface area contributed by atoms with E-state index >= 15 is 0 Å². The first kappa shape index (κ1) is 12.1. The van der Waals surface area contributed by atoms with Crippen molar-refractivity contribution in [2.24, 2.45) is 0 Å². The molecule has 0 amide bonds. The fraction of sp³-hybridized carbons (Fsp3) is 0.667. The number of aryl methyl sites for hydroxylation is 1. The van der Waals surface area contributed by atoms with Crippen LogP contribution in [0.2, 0.25) is 0 Å². The van der Waals surface area contributed by atoms with Crippen LogP contribution < -0.4 is 10.5 Å². The van der Waals surface area contributed by atoms with Crippen LogP contribution in [0.5, 0.6) is 0 Å². The summed E-state index contributed by atoms with van der Waals surface area (Å²) in [5.41, 5.74) is -0.0466. The van der Waals surface area contributed by atoms with Crippen LogP contribution in [-0.2, 0) is 6.54 Å². The van der Waals surface area contributed by atoms with Gasteiger partial charge >= 0.3 is 0 Å². The molecule has 0 atom stereocenters. The van der Waals surface area contributed by atoms with Gasteiger partial charge in [-0.15, -0.1) is 0 Å². The summed E-state index contributed by atoms with van der Waals surface area (Å²) in [5.74, 6) is 0.484. The lowest BCUT2D eigenvalue weighted by molar-refractivity contribution is 0.301. The Labute approximate surface area is 101 Å². The summed E-state index contributed by atoms with van der Waals surface area (Å²) in [6, 6.07) is 0.389. The lowest BCUT2D eigenvalue weighted by Gasteiger charge is -2.22. The summed E-state index contributed by atoms with van der Waals surface area (Å²) < 4.78 is 1.69. The highest BCUT2D eigenvalue weighted by Crippen LogP contribution is 2.28. The van der Waals surface area contributed by atoms with E-state index in [0.717, 1.165) is 19.3 Å². The summed E-state index contributed by atoms with van der Waals surface area (Å²) in [4.78, 5) is 18.3. The Bertz CT molecular complexity index is 426. The van der Waals surface area contributed by atoms with Crippen LogP contribution in [0.4, 0.5) is 5.82 Å². The molecule has 1 fully saturated rings. The van der Waals surface area contributed by atoms with Gasteiger partial charge < -0.3 is 14.6 Å². The maximum absolute atomic E-state index is 12.2. The molecule has 1 saturated carbocycles. The zero-order valence-corrected chi connectivity index (χ0v) is 10.2. The van der Waals surface area contributed by atoms with Crippen molar-refractivity contribution in [1.29, 1.82) is 0 Å². The predicted molar refractivity (Wildman–Crippen MR) is 66.2 cm³/mol. The Morgan fingerprint density at radius 2 is 2.35 bits per heavy atom. The standard InChI is InChI=1S/C12H19N3O2/c1-2-6-14-7-5-13-11(12(14)17)15(8-9-16)10-3-4-10/h5,7,10,16H,2-4,6,8-9H2,1H3. The second kappa shape index (κ2) is 5.31. The summed E-state index contributed by atoms with van der Waals surface area (Å²) in [5, 5.41) is 9.06. The van der Waals surface area contributed by atoms with Crippen LogP contribution in [0.25, 0.3) is 0 Å². The zero-order valence-electron chi connectivity index (χ0n) is 10.2. The molecule has 0 bridgehead atoms. The van der Waals surface area contributed by atoms with Crippen molar-refractivity contribution >= 4 is 5.82 Å². The fourth-order valence-corrected chi connectivity index (χ4v) is 2.01. The molecule has 0 saturated heterocycles. The van der Waals surface area contributed by atoms with Crippen LogP contribution in [0.1, 0.15) is 26.2 Å². The van der Waals surface area contributed by atoms with Crippen molar-refractivity contribution in [3.8, 4) is 0 Å². The average Bonchev–Trinajstić information content (AvgIpc) is 3.14. The molecule has 17 heavy (non-hydrogen) atoms. The van der Waals surface area contributed by atoms with Gasteiger partial charge in [-0.05, 0) is 19.3 Å². The Hall–Kier alpha value is -1.36. The third-order valence-electron chi connectivity index (χ3n) is 2.96. The summed E-state index contributed by atoms with van der Waals surface area (Å²) in [7, 11) is 0. The van der Waals surface area contributed by atoms with E-state index < -0.39 is 0 Å². The number of anilines is 1. The number of hydrogen-bond donors (Lipinski definition) is 1. The Kier molecular flexibility index (Phi) is 3.78. The van der Waals surface area contributed by atoms with E-state index in [1.165, 1.54) is 0 Å². The molecule has 5 heteroatoms. The van der Waals surface area contributed by atoms with Gasteiger partial charge in [0.1, 0.15) is 0 Å². The van der Waals surface area contributed by atoms with Gasteiger partial charge in [-0.1, -0.05) is 6.92 Å². The van der Waals surface area contributed by atoms with E-state index in [4.69, 9.17) is 5.11 Å². The van der Waals surface area contributed by atoms with Crippen molar-refractivity contribution in [1.82, 2.24) is 9.55 Å². The molecule has 1 heterocycles. The fourth-order valence-electron chi connectivity index (χ4n) is 2.01. The van der Waals surface area contributed by atoms with Gasteiger partial charge in [-0.3, -0.25) is 4.79 Å². The van der Waals surface area contributed by atoms with Gasteiger partial charge in [0, 0.05) is 31.5 Å². The second-order valence-corrected chi connectivity index (χ2v) is 4.40. The Morgan fingerprint density at radius 3 is 2.94 bits per heavy atom. The third kappa shape index (κ3) is 2.66. The van der Waals surface area contributed by atoms with Gasteiger partial charge in [-0.25, -0.2) is 4.98 Å². The summed E-state index contributed by atoms with van der Waals surface area (Å²) in [6.45, 7) is 3.30. The predicted octanol–water partition coefficient (Wildman–Crippen LogP) is 0.614. The number of nitrogens with zero attached hydrogens (tertiary/aromatic N) is 3. The van der Waals surface area contributed by atoms with E-state index in [1.807, 2.05) is 11.8 Å². The van der Waals surface area contributed by atoms with Gasteiger partial charge in [0.25, 0.3) is 5.56 Å². The SMILES string of the molecule is CCCn1ccnc(N(CCO)C2CC2)c1=O. The summed E-state index contributed by atoms with van der Waals surface area (Å²) >= 11 is 0. The Balaban J connectivity index is 2.29. The lowest BCUT2D eigenvalue weighted by Crippen LogP contribution is -2.36. The highest BCUT2D eigenvalue weighted by molar-refractivity contribution is 5.39. The molecule has 0 aromatic carbocycles. The van der Waals surface area contributed by atoms with Crippen LogP contribution in [0.3, 0.4) is 0 Å². The number of aliphatic hydroxyl groups is 1. The van der Waals surface area contributed by atoms with Crippen LogP contribution in [-0.4, -0.2) is 33.9 Å². The zero-order chi connectivity index (χ0) is 12.3. The number of aromatic nitrogens is 2. The van der Waals surface area contributed by atoms with E-state index in [-0.39, 0.29) is 12.2 Å². The molecule has 5 nitrogen and oxygen atoms in total. The topological polar surface area (TPSA) is 58.4 Å². The van der Waals surface area contributed by atoms with E-state index in [1.54, 1.807) is 17.0 Å². The van der Waals surface area contributed by atoms with Crippen molar-refractivity contribution in [3.63, 3.8) is 0 Å². The van der Waals surface area contributed by atoms with Crippen molar-refractivity contribution in [3.05, 3.63) is 22.7 Å². The summed E-state index contributed by atoms with van der Waals surface area (Å²) in [6.07, 6.45) is 6.48. The van der Waals surface area contributed by atoms with Crippen molar-refractivity contribution in [2.75, 3.05) is 18.1 Å². The number of aliphatic hydroxyl groups excluding tert-OH is 1. The average molecular weight is 237 g/mol. The first-order valence-corrected chi connectivity index (χ1v) is 6.21. The highest BCUT2D eigenvalue weighted by Gasteiger charge is 2.31. The molecule has 0 unspecified atom stereocenters. The van der Waals surface area contributed by atoms with E-state index in [9.17, 15) is 4.79 Å².